The number of rotatable bonds is 2. The Bertz CT molecular complexity index is 678. The van der Waals surface area contributed by atoms with Gasteiger partial charge in [0.1, 0.15) is 0 Å². The molecule has 1 aromatic carbocycles. The lowest BCUT2D eigenvalue weighted by atomic mass is 10.3. The predicted molar refractivity (Wildman–Crippen MR) is 69.6 cm³/mol. The van der Waals surface area contributed by atoms with Crippen LogP contribution in [-0.4, -0.2) is 15.2 Å². The van der Waals surface area contributed by atoms with Crippen LogP contribution in [0.5, 0.6) is 0 Å². The van der Waals surface area contributed by atoms with Gasteiger partial charge in [0.15, 0.2) is 5.13 Å². The molecule has 86 valence electrons. The Morgan fingerprint density at radius 3 is 2.94 bits per heavy atom. The second-order valence-electron chi connectivity index (χ2n) is 3.36. The number of nitrogens with one attached hydrogen (secondary N) is 1. The molecule has 2 heterocycles. The first-order valence-electron chi connectivity index (χ1n) is 4.84. The van der Waals surface area contributed by atoms with E-state index in [1.807, 2.05) is 18.2 Å². The summed E-state index contributed by atoms with van der Waals surface area (Å²) in [5, 5.41) is 11.3. The van der Waals surface area contributed by atoms with Crippen molar-refractivity contribution >= 4 is 48.6 Å². The summed E-state index contributed by atoms with van der Waals surface area (Å²) in [6.07, 6.45) is 0. The van der Waals surface area contributed by atoms with Crippen molar-refractivity contribution in [1.82, 2.24) is 15.2 Å². The van der Waals surface area contributed by atoms with Crippen molar-refractivity contribution in [2.45, 2.75) is 6.92 Å². The lowest BCUT2D eigenvalue weighted by Crippen LogP contribution is -1.88. The van der Waals surface area contributed by atoms with Gasteiger partial charge in [-0.2, -0.15) is 0 Å². The smallest absolute Gasteiger partial charge is 0.321 e. The zero-order valence-electron chi connectivity index (χ0n) is 8.77. The van der Waals surface area contributed by atoms with Gasteiger partial charge in [0.25, 0.3) is 0 Å². The molecule has 0 bridgehead atoms. The maximum absolute atomic E-state index is 5.24. The second kappa shape index (κ2) is 4.08. The summed E-state index contributed by atoms with van der Waals surface area (Å²) in [5.74, 6) is 0.523. The van der Waals surface area contributed by atoms with Crippen LogP contribution in [0.2, 0.25) is 0 Å². The average Bonchev–Trinajstić information content (AvgIpc) is 2.86. The number of thiazole rings is 1. The molecule has 1 N–H and O–H groups in total. The molecule has 17 heavy (non-hydrogen) atoms. The molecule has 0 spiro atoms. The van der Waals surface area contributed by atoms with E-state index < -0.39 is 0 Å². The first-order chi connectivity index (χ1) is 8.22. The van der Waals surface area contributed by atoms with Crippen molar-refractivity contribution in [3.63, 3.8) is 0 Å². The first-order valence-corrected chi connectivity index (χ1v) is 6.45. The van der Waals surface area contributed by atoms with Crippen LogP contribution in [0.25, 0.3) is 10.2 Å². The van der Waals surface area contributed by atoms with Gasteiger partial charge in [-0.25, -0.2) is 4.98 Å². The van der Waals surface area contributed by atoms with E-state index >= 15 is 0 Å². The number of para-hydroxylation sites is 1. The quantitative estimate of drug-likeness (QED) is 0.785. The molecule has 0 aliphatic heterocycles. The van der Waals surface area contributed by atoms with Gasteiger partial charge in [0.05, 0.1) is 10.2 Å². The van der Waals surface area contributed by atoms with Crippen molar-refractivity contribution < 1.29 is 4.42 Å². The minimum atomic E-state index is 0.359. The molecule has 0 amide bonds. The molecule has 5 nitrogen and oxygen atoms in total. The maximum Gasteiger partial charge on any atom is 0.321 e. The molecule has 7 heteroatoms. The van der Waals surface area contributed by atoms with E-state index in [0.29, 0.717) is 11.9 Å². The number of aromatic nitrogens is 3. The third-order valence-electron chi connectivity index (χ3n) is 2.11. The van der Waals surface area contributed by atoms with Gasteiger partial charge in [-0.15, -0.1) is 5.10 Å². The molecule has 0 atom stereocenters. The second-order valence-corrected chi connectivity index (χ2v) is 5.24. The standard InChI is InChI=1S/C10H7BrN4OS/c1-5-14-15-9(16-5)13-10-12-8-6(11)3-2-4-7(8)17-10/h2-4H,1H3,(H,12,13,15). The van der Waals surface area contributed by atoms with Crippen LogP contribution in [0.3, 0.4) is 0 Å². The number of nitrogens with zero attached hydrogens (tertiary/aromatic N) is 3. The highest BCUT2D eigenvalue weighted by molar-refractivity contribution is 9.10. The molecule has 3 rings (SSSR count). The lowest BCUT2D eigenvalue weighted by Gasteiger charge is -1.92. The third kappa shape index (κ3) is 2.03. The van der Waals surface area contributed by atoms with Gasteiger partial charge < -0.3 is 4.42 Å². The van der Waals surface area contributed by atoms with E-state index in [-0.39, 0.29) is 0 Å². The first kappa shape index (κ1) is 10.7. The largest absolute Gasteiger partial charge is 0.408 e. The summed E-state index contributed by atoms with van der Waals surface area (Å²) in [5.41, 5.74) is 0.927. The zero-order valence-corrected chi connectivity index (χ0v) is 11.2. The van der Waals surface area contributed by atoms with Crippen LogP contribution in [0.15, 0.2) is 27.1 Å². The number of aryl methyl sites for hydroxylation is 1. The van der Waals surface area contributed by atoms with Crippen LogP contribution in [0, 0.1) is 6.92 Å². The Morgan fingerprint density at radius 1 is 1.35 bits per heavy atom. The summed E-state index contributed by atoms with van der Waals surface area (Å²) in [7, 11) is 0. The predicted octanol–water partition coefficient (Wildman–Crippen LogP) is 3.49. The van der Waals surface area contributed by atoms with E-state index in [1.165, 1.54) is 11.3 Å². The molecule has 0 radical (unpaired) electrons. The number of hydrogen-bond donors (Lipinski definition) is 1. The fourth-order valence-electron chi connectivity index (χ4n) is 1.41. The minimum Gasteiger partial charge on any atom is -0.408 e. The van der Waals surface area contributed by atoms with Gasteiger partial charge in [0, 0.05) is 11.4 Å². The van der Waals surface area contributed by atoms with E-state index in [4.69, 9.17) is 4.42 Å². The van der Waals surface area contributed by atoms with Crippen molar-refractivity contribution in [3.8, 4) is 0 Å². The molecule has 0 saturated heterocycles. The van der Waals surface area contributed by atoms with E-state index in [1.54, 1.807) is 6.92 Å². The van der Waals surface area contributed by atoms with Gasteiger partial charge in [-0.3, -0.25) is 5.32 Å². The summed E-state index contributed by atoms with van der Waals surface area (Å²) in [4.78, 5) is 4.45. The highest BCUT2D eigenvalue weighted by atomic mass is 79.9. The number of hydrogen-bond acceptors (Lipinski definition) is 6. The monoisotopic (exact) mass is 310 g/mol. The van der Waals surface area contributed by atoms with Crippen LogP contribution in [-0.2, 0) is 0 Å². The van der Waals surface area contributed by atoms with Crippen molar-refractivity contribution in [1.29, 1.82) is 0 Å². The summed E-state index contributed by atoms with van der Waals surface area (Å²) in [6.45, 7) is 1.74. The normalized spacial score (nSPS) is 10.9. The zero-order chi connectivity index (χ0) is 11.8. The number of anilines is 2. The molecule has 0 aliphatic carbocycles. The lowest BCUT2D eigenvalue weighted by molar-refractivity contribution is 0.535. The highest BCUT2D eigenvalue weighted by Gasteiger charge is 2.09. The number of benzene rings is 1. The topological polar surface area (TPSA) is 63.8 Å². The van der Waals surface area contributed by atoms with Crippen molar-refractivity contribution in [3.05, 3.63) is 28.6 Å². The maximum atomic E-state index is 5.24. The van der Waals surface area contributed by atoms with E-state index in [9.17, 15) is 0 Å². The summed E-state index contributed by atoms with van der Waals surface area (Å²) < 4.78 is 7.30. The van der Waals surface area contributed by atoms with Crippen molar-refractivity contribution in [2.75, 3.05) is 5.32 Å². The Morgan fingerprint density at radius 2 is 2.24 bits per heavy atom. The Balaban J connectivity index is 1.98. The fraction of sp³-hybridized carbons (Fsp3) is 0.100. The SMILES string of the molecule is Cc1nnc(Nc2nc3c(Br)cccc3s2)o1. The third-order valence-corrected chi connectivity index (χ3v) is 3.69. The fourth-order valence-corrected chi connectivity index (χ4v) is 2.88. The molecule has 0 aliphatic rings. The molecular formula is C10H7BrN4OS. The molecule has 0 unspecified atom stereocenters. The Hall–Kier alpha value is -1.47. The summed E-state index contributed by atoms with van der Waals surface area (Å²) in [6, 6.07) is 6.31. The molecule has 0 saturated carbocycles. The van der Waals surface area contributed by atoms with Crippen LogP contribution in [0.4, 0.5) is 11.1 Å². The van der Waals surface area contributed by atoms with Gasteiger partial charge in [0.2, 0.25) is 5.89 Å². The Labute approximate surface area is 109 Å². The summed E-state index contributed by atoms with van der Waals surface area (Å²) >= 11 is 5.00. The average molecular weight is 311 g/mol. The number of fused-ring (bicyclic) bond motifs is 1. The molecular weight excluding hydrogens is 304 g/mol. The van der Waals surface area contributed by atoms with Crippen LogP contribution in [0.1, 0.15) is 5.89 Å². The van der Waals surface area contributed by atoms with Crippen LogP contribution >= 0.6 is 27.3 Å². The van der Waals surface area contributed by atoms with Crippen LogP contribution < -0.4 is 5.32 Å². The van der Waals surface area contributed by atoms with Gasteiger partial charge >= 0.3 is 6.01 Å². The van der Waals surface area contributed by atoms with Gasteiger partial charge in [-0.05, 0) is 28.1 Å². The van der Waals surface area contributed by atoms with Crippen molar-refractivity contribution in [2.24, 2.45) is 0 Å². The molecule has 0 fully saturated rings. The van der Waals surface area contributed by atoms with E-state index in [0.717, 1.165) is 19.8 Å². The molecule has 2 aromatic heterocycles. The number of halogens is 1. The molecule has 3 aromatic rings. The van der Waals surface area contributed by atoms with E-state index in [2.05, 4.69) is 36.4 Å². The highest BCUT2D eigenvalue weighted by Crippen LogP contribution is 2.31. The minimum absolute atomic E-state index is 0.359. The van der Waals surface area contributed by atoms with Gasteiger partial charge in [-0.1, -0.05) is 22.5 Å². The Kier molecular flexibility index (Phi) is 2.56.